The summed E-state index contributed by atoms with van der Waals surface area (Å²) in [5.74, 6) is -0.486. The zero-order valence-corrected chi connectivity index (χ0v) is 13.0. The van der Waals surface area contributed by atoms with Gasteiger partial charge in [0.15, 0.2) is 0 Å². The zero-order chi connectivity index (χ0) is 16.3. The molecular weight excluding hydrogens is 306 g/mol. The number of nitrogens with one attached hydrogen (secondary N) is 1. The Bertz CT molecular complexity index is 731. The summed E-state index contributed by atoms with van der Waals surface area (Å²) in [7, 11) is 3.40. The highest BCUT2D eigenvalue weighted by Crippen LogP contribution is 2.26. The highest BCUT2D eigenvalue weighted by atomic mass is 35.5. The normalized spacial score (nSPS) is 10.5. The number of pyridine rings is 1. The fourth-order valence-electron chi connectivity index (χ4n) is 2.01. The van der Waals surface area contributed by atoms with Crippen LogP contribution in [0, 0.1) is 0 Å². The molecule has 22 heavy (non-hydrogen) atoms. The lowest BCUT2D eigenvalue weighted by atomic mass is 10.1. The molecule has 0 bridgehead atoms. The summed E-state index contributed by atoms with van der Waals surface area (Å²) in [6.45, 7) is 0.453. The average molecular weight is 322 g/mol. The fourth-order valence-corrected chi connectivity index (χ4v) is 2.26. The van der Waals surface area contributed by atoms with Crippen LogP contribution >= 0.6 is 11.6 Å². The number of carbonyl (C=O) groups excluding carboxylic acids is 1. The van der Waals surface area contributed by atoms with E-state index in [9.17, 15) is 14.7 Å². The minimum atomic E-state index is -1.09. The Morgan fingerprint density at radius 2 is 2.00 bits per heavy atom. The molecule has 0 aliphatic rings. The van der Waals surface area contributed by atoms with E-state index in [-0.39, 0.29) is 16.5 Å². The van der Waals surface area contributed by atoms with Gasteiger partial charge in [-0.3, -0.25) is 4.79 Å². The summed E-state index contributed by atoms with van der Waals surface area (Å²) in [5, 5.41) is 12.9. The van der Waals surface area contributed by atoms with Gasteiger partial charge >= 0.3 is 5.97 Å². The van der Waals surface area contributed by atoms with Gasteiger partial charge in [0, 0.05) is 32.4 Å². The van der Waals surface area contributed by atoms with Gasteiger partial charge in [-0.1, -0.05) is 11.6 Å². The first kappa shape index (κ1) is 16.0. The number of aromatic nitrogens is 1. The van der Waals surface area contributed by atoms with Gasteiger partial charge in [-0.2, -0.15) is 0 Å². The van der Waals surface area contributed by atoms with Crippen molar-refractivity contribution in [2.24, 2.45) is 0 Å². The summed E-state index contributed by atoms with van der Waals surface area (Å²) in [4.78, 5) is 28.6. The van der Waals surface area contributed by atoms with Crippen LogP contribution in [0.5, 0.6) is 0 Å². The lowest BCUT2D eigenvalue weighted by molar-refractivity contribution is -0.128. The molecule has 6 nitrogen and oxygen atoms in total. The molecule has 1 aromatic carbocycles. The molecule has 0 aliphatic heterocycles. The van der Waals surface area contributed by atoms with Gasteiger partial charge in [-0.05, 0) is 24.3 Å². The van der Waals surface area contributed by atoms with Crippen molar-refractivity contribution in [3.8, 4) is 0 Å². The van der Waals surface area contributed by atoms with Gasteiger partial charge in [-0.15, -0.1) is 0 Å². The number of nitrogens with zero attached hydrogens (tertiary/aromatic N) is 2. The number of benzene rings is 1. The number of amides is 1. The maximum atomic E-state index is 11.5. The first-order valence-corrected chi connectivity index (χ1v) is 7.04. The van der Waals surface area contributed by atoms with Crippen molar-refractivity contribution < 1.29 is 14.7 Å². The topological polar surface area (TPSA) is 82.5 Å². The molecule has 0 fully saturated rings. The lowest BCUT2D eigenvalue weighted by Gasteiger charge is -2.11. The van der Waals surface area contributed by atoms with Gasteiger partial charge in [0.05, 0.1) is 16.1 Å². The van der Waals surface area contributed by atoms with Crippen LogP contribution in [0.1, 0.15) is 16.8 Å². The quantitative estimate of drug-likeness (QED) is 0.884. The Morgan fingerprint density at radius 3 is 2.64 bits per heavy atom. The van der Waals surface area contributed by atoms with E-state index in [4.69, 9.17) is 11.6 Å². The summed E-state index contributed by atoms with van der Waals surface area (Å²) in [6.07, 6.45) is 0.355. The second-order valence-electron chi connectivity index (χ2n) is 4.96. The molecule has 0 saturated carbocycles. The maximum absolute atomic E-state index is 11.5. The molecule has 0 saturated heterocycles. The number of rotatable bonds is 5. The molecular formula is C15H16ClN3O3. The molecule has 2 aromatic rings. The number of carboxylic acid groups (broad SMARTS) is 1. The van der Waals surface area contributed by atoms with E-state index >= 15 is 0 Å². The Kier molecular flexibility index (Phi) is 4.82. The number of fused-ring (bicyclic) bond motifs is 1. The first-order valence-electron chi connectivity index (χ1n) is 6.66. The van der Waals surface area contributed by atoms with Crippen LogP contribution in [0.3, 0.4) is 0 Å². The van der Waals surface area contributed by atoms with Crippen molar-refractivity contribution >= 4 is 40.2 Å². The van der Waals surface area contributed by atoms with Crippen molar-refractivity contribution in [2.45, 2.75) is 6.42 Å². The molecule has 2 rings (SSSR count). The standard InChI is InChI=1S/C15H16ClN3O3/c1-19(2)13(20)7-8-17-12-6-3-9-11(18-12)5-4-10(16)14(9)15(21)22/h3-6H,7-8H2,1-2H3,(H,17,18)(H,21,22). The van der Waals surface area contributed by atoms with Gasteiger partial charge in [0.25, 0.3) is 0 Å². The van der Waals surface area contributed by atoms with E-state index in [1.807, 2.05) is 0 Å². The van der Waals surface area contributed by atoms with Crippen LogP contribution in [0.25, 0.3) is 10.9 Å². The second kappa shape index (κ2) is 6.62. The maximum Gasteiger partial charge on any atom is 0.337 e. The monoisotopic (exact) mass is 321 g/mol. The summed E-state index contributed by atoms with van der Waals surface area (Å²) < 4.78 is 0. The summed E-state index contributed by atoms with van der Waals surface area (Å²) in [5.41, 5.74) is 0.576. The van der Waals surface area contributed by atoms with Crippen molar-refractivity contribution in [3.63, 3.8) is 0 Å². The van der Waals surface area contributed by atoms with E-state index in [1.54, 1.807) is 32.3 Å². The van der Waals surface area contributed by atoms with E-state index in [2.05, 4.69) is 10.3 Å². The molecule has 0 unspecified atom stereocenters. The van der Waals surface area contributed by atoms with Gasteiger partial charge in [-0.25, -0.2) is 9.78 Å². The number of carboxylic acids is 1. The third-order valence-electron chi connectivity index (χ3n) is 3.18. The van der Waals surface area contributed by atoms with Gasteiger partial charge < -0.3 is 15.3 Å². The number of halogens is 1. The third-order valence-corrected chi connectivity index (χ3v) is 3.49. The molecule has 2 N–H and O–H groups in total. The van der Waals surface area contributed by atoms with Crippen LogP contribution in [-0.2, 0) is 4.79 Å². The molecule has 0 aliphatic carbocycles. The molecule has 1 aromatic heterocycles. The van der Waals surface area contributed by atoms with Crippen LogP contribution in [-0.4, -0.2) is 47.5 Å². The lowest BCUT2D eigenvalue weighted by Crippen LogP contribution is -2.24. The molecule has 0 spiro atoms. The van der Waals surface area contributed by atoms with Crippen molar-refractivity contribution in [1.29, 1.82) is 0 Å². The van der Waals surface area contributed by atoms with Crippen molar-refractivity contribution in [3.05, 3.63) is 34.9 Å². The van der Waals surface area contributed by atoms with Crippen molar-refractivity contribution in [2.75, 3.05) is 26.0 Å². The molecule has 1 heterocycles. The number of aromatic carboxylic acids is 1. The van der Waals surface area contributed by atoms with Crippen LogP contribution in [0.15, 0.2) is 24.3 Å². The zero-order valence-electron chi connectivity index (χ0n) is 12.3. The Morgan fingerprint density at radius 1 is 1.27 bits per heavy atom. The Hall–Kier alpha value is -2.34. The minimum Gasteiger partial charge on any atom is -0.478 e. The highest BCUT2D eigenvalue weighted by Gasteiger charge is 2.14. The first-order chi connectivity index (χ1) is 10.4. The van der Waals surface area contributed by atoms with E-state index in [0.29, 0.717) is 29.7 Å². The molecule has 0 atom stereocenters. The van der Waals surface area contributed by atoms with E-state index < -0.39 is 5.97 Å². The highest BCUT2D eigenvalue weighted by molar-refractivity contribution is 6.35. The molecule has 0 radical (unpaired) electrons. The van der Waals surface area contributed by atoms with Crippen LogP contribution < -0.4 is 5.32 Å². The summed E-state index contributed by atoms with van der Waals surface area (Å²) in [6, 6.07) is 6.51. The number of hydrogen-bond acceptors (Lipinski definition) is 4. The predicted molar refractivity (Wildman–Crippen MR) is 85.5 cm³/mol. The minimum absolute atomic E-state index is 0.0215. The second-order valence-corrected chi connectivity index (χ2v) is 5.36. The van der Waals surface area contributed by atoms with E-state index in [0.717, 1.165) is 0 Å². The van der Waals surface area contributed by atoms with Crippen LogP contribution in [0.2, 0.25) is 5.02 Å². The Balaban J connectivity index is 2.20. The fraction of sp³-hybridized carbons (Fsp3) is 0.267. The van der Waals surface area contributed by atoms with Crippen LogP contribution in [0.4, 0.5) is 5.82 Å². The number of anilines is 1. The number of hydrogen-bond donors (Lipinski definition) is 2. The molecule has 1 amide bonds. The Labute approximate surface area is 132 Å². The largest absolute Gasteiger partial charge is 0.478 e. The smallest absolute Gasteiger partial charge is 0.337 e. The van der Waals surface area contributed by atoms with Gasteiger partial charge in [0.1, 0.15) is 5.82 Å². The summed E-state index contributed by atoms with van der Waals surface area (Å²) >= 11 is 5.92. The number of carbonyl (C=O) groups is 2. The van der Waals surface area contributed by atoms with Crippen molar-refractivity contribution in [1.82, 2.24) is 9.88 Å². The van der Waals surface area contributed by atoms with Gasteiger partial charge in [0.2, 0.25) is 5.91 Å². The predicted octanol–water partition coefficient (Wildman–Crippen LogP) is 2.48. The SMILES string of the molecule is CN(C)C(=O)CCNc1ccc2c(C(=O)O)c(Cl)ccc2n1. The molecule has 116 valence electrons. The molecule has 7 heteroatoms. The van der Waals surface area contributed by atoms with E-state index in [1.165, 1.54) is 11.0 Å². The third kappa shape index (κ3) is 3.46. The average Bonchev–Trinajstić information content (AvgIpc) is 2.46.